The van der Waals surface area contributed by atoms with Crippen LogP contribution in [-0.2, 0) is 0 Å². The second kappa shape index (κ2) is 5.83. The van der Waals surface area contributed by atoms with Gasteiger partial charge in [0.1, 0.15) is 5.76 Å². The summed E-state index contributed by atoms with van der Waals surface area (Å²) in [6.45, 7) is 3.16. The van der Waals surface area contributed by atoms with E-state index in [4.69, 9.17) is 4.52 Å². The lowest BCUT2D eigenvalue weighted by atomic mass is 10.00. The predicted octanol–water partition coefficient (Wildman–Crippen LogP) is 1.29. The van der Waals surface area contributed by atoms with Crippen LogP contribution in [0, 0.1) is 6.92 Å². The van der Waals surface area contributed by atoms with Crippen LogP contribution < -0.4 is 0 Å². The number of β-amino-alcohol motifs (C(OH)–C–C–N with tert-alkyl or cyclic N) is 1. The van der Waals surface area contributed by atoms with Gasteiger partial charge in [-0.05, 0) is 13.3 Å². The molecular formula is C15H21F2N3O3. The molecule has 23 heavy (non-hydrogen) atoms. The summed E-state index contributed by atoms with van der Waals surface area (Å²) >= 11 is 0. The van der Waals surface area contributed by atoms with E-state index in [-0.39, 0.29) is 44.1 Å². The van der Waals surface area contributed by atoms with Gasteiger partial charge in [-0.25, -0.2) is 8.78 Å². The lowest BCUT2D eigenvalue weighted by Crippen LogP contribution is -2.49. The molecule has 6 nitrogen and oxygen atoms in total. The van der Waals surface area contributed by atoms with Gasteiger partial charge in [-0.15, -0.1) is 0 Å². The van der Waals surface area contributed by atoms with Crippen molar-refractivity contribution in [2.24, 2.45) is 0 Å². The fourth-order valence-electron chi connectivity index (χ4n) is 3.24. The highest BCUT2D eigenvalue weighted by Crippen LogP contribution is 2.30. The van der Waals surface area contributed by atoms with Crippen LogP contribution in [0.2, 0.25) is 0 Å². The molecule has 0 spiro atoms. The summed E-state index contributed by atoms with van der Waals surface area (Å²) in [5.41, 5.74) is -0.828. The van der Waals surface area contributed by atoms with Gasteiger partial charge in [0.15, 0.2) is 5.69 Å². The van der Waals surface area contributed by atoms with E-state index in [9.17, 15) is 18.7 Å². The van der Waals surface area contributed by atoms with Crippen LogP contribution in [0.1, 0.15) is 35.5 Å². The van der Waals surface area contributed by atoms with Crippen LogP contribution in [0.3, 0.4) is 0 Å². The normalized spacial score (nSPS) is 28.3. The zero-order valence-electron chi connectivity index (χ0n) is 13.1. The van der Waals surface area contributed by atoms with Crippen molar-refractivity contribution in [3.05, 3.63) is 17.5 Å². The van der Waals surface area contributed by atoms with Crippen molar-refractivity contribution in [1.29, 1.82) is 0 Å². The number of nitrogens with zero attached hydrogens (tertiary/aromatic N) is 3. The molecule has 1 unspecified atom stereocenters. The monoisotopic (exact) mass is 329 g/mol. The summed E-state index contributed by atoms with van der Waals surface area (Å²) < 4.78 is 31.3. The van der Waals surface area contributed by atoms with E-state index in [0.717, 1.165) is 0 Å². The van der Waals surface area contributed by atoms with E-state index in [1.165, 1.54) is 4.90 Å². The van der Waals surface area contributed by atoms with Crippen molar-refractivity contribution >= 4 is 5.91 Å². The average Bonchev–Trinajstić information content (AvgIpc) is 3.07. The lowest BCUT2D eigenvalue weighted by Gasteiger charge is -2.36. The second-order valence-corrected chi connectivity index (χ2v) is 6.66. The van der Waals surface area contributed by atoms with Gasteiger partial charge < -0.3 is 14.5 Å². The highest BCUT2D eigenvalue weighted by Gasteiger charge is 2.42. The third-order valence-corrected chi connectivity index (χ3v) is 4.57. The van der Waals surface area contributed by atoms with E-state index in [2.05, 4.69) is 5.16 Å². The number of aromatic nitrogens is 1. The molecule has 1 aromatic heterocycles. The first kappa shape index (κ1) is 16.3. The third-order valence-electron chi connectivity index (χ3n) is 4.57. The molecule has 1 N–H and O–H groups in total. The first-order valence-electron chi connectivity index (χ1n) is 7.82. The minimum atomic E-state index is -2.60. The summed E-state index contributed by atoms with van der Waals surface area (Å²) in [4.78, 5) is 15.7. The van der Waals surface area contributed by atoms with Gasteiger partial charge in [-0.2, -0.15) is 0 Å². The maximum Gasteiger partial charge on any atom is 0.276 e. The minimum Gasteiger partial charge on any atom is -0.387 e. The number of amides is 1. The summed E-state index contributed by atoms with van der Waals surface area (Å²) in [6, 6.07) is 1.56. The molecule has 2 aliphatic heterocycles. The van der Waals surface area contributed by atoms with Crippen molar-refractivity contribution in [3.63, 3.8) is 0 Å². The Labute approximate surface area is 133 Å². The molecule has 0 aliphatic carbocycles. The molecule has 8 heteroatoms. The molecule has 2 fully saturated rings. The summed E-state index contributed by atoms with van der Waals surface area (Å²) in [6.07, 6.45) is 0.0797. The number of aryl methyl sites for hydroxylation is 1. The number of alkyl halides is 2. The number of likely N-dealkylation sites (tertiary alicyclic amines) is 2. The van der Waals surface area contributed by atoms with Gasteiger partial charge in [-0.1, -0.05) is 5.16 Å². The van der Waals surface area contributed by atoms with Crippen LogP contribution >= 0.6 is 0 Å². The number of rotatable bonds is 3. The Kier molecular flexibility index (Phi) is 4.14. The van der Waals surface area contributed by atoms with Crippen LogP contribution in [0.5, 0.6) is 0 Å². The molecule has 1 aromatic rings. The van der Waals surface area contributed by atoms with E-state index in [1.807, 2.05) is 4.90 Å². The van der Waals surface area contributed by atoms with E-state index < -0.39 is 11.5 Å². The molecule has 1 amide bonds. The Hall–Kier alpha value is -1.54. The molecular weight excluding hydrogens is 308 g/mol. The van der Waals surface area contributed by atoms with Gasteiger partial charge in [0.25, 0.3) is 11.8 Å². The molecule has 0 aromatic carbocycles. The van der Waals surface area contributed by atoms with E-state index in [1.54, 1.807) is 13.0 Å². The van der Waals surface area contributed by atoms with Gasteiger partial charge >= 0.3 is 0 Å². The smallest absolute Gasteiger partial charge is 0.276 e. The molecule has 2 aliphatic rings. The van der Waals surface area contributed by atoms with Gasteiger partial charge in [0.2, 0.25) is 0 Å². The number of carbonyl (C=O) groups is 1. The summed E-state index contributed by atoms with van der Waals surface area (Å²) in [5.74, 6) is -2.32. The standard InChI is InChI=1S/C15H21F2N3O3/c1-11-8-12(18-23-11)13(21)20-7-2-14(22,10-20)9-19-5-3-15(16,17)4-6-19/h8,22H,2-7,9-10H2,1H3. The van der Waals surface area contributed by atoms with Gasteiger partial charge in [0, 0.05) is 45.1 Å². The maximum absolute atomic E-state index is 13.2. The number of halogens is 2. The average molecular weight is 329 g/mol. The first-order chi connectivity index (χ1) is 10.8. The Morgan fingerprint density at radius 2 is 2.04 bits per heavy atom. The molecule has 0 saturated carbocycles. The Bertz CT molecular complexity index is 582. The molecule has 0 bridgehead atoms. The number of hydrogen-bond donors (Lipinski definition) is 1. The van der Waals surface area contributed by atoms with Crippen LogP contribution in [-0.4, -0.2) is 70.2 Å². The van der Waals surface area contributed by atoms with Crippen LogP contribution in [0.25, 0.3) is 0 Å². The molecule has 2 saturated heterocycles. The molecule has 3 heterocycles. The van der Waals surface area contributed by atoms with Crippen molar-refractivity contribution in [3.8, 4) is 0 Å². The predicted molar refractivity (Wildman–Crippen MR) is 77.3 cm³/mol. The van der Waals surface area contributed by atoms with E-state index >= 15 is 0 Å². The Balaban J connectivity index is 1.57. The fourth-order valence-corrected chi connectivity index (χ4v) is 3.24. The SMILES string of the molecule is Cc1cc(C(=O)N2CCC(O)(CN3CCC(F)(F)CC3)C2)no1. The maximum atomic E-state index is 13.2. The summed E-state index contributed by atoms with van der Waals surface area (Å²) in [7, 11) is 0. The van der Waals surface area contributed by atoms with Crippen LogP contribution in [0.15, 0.2) is 10.6 Å². The zero-order valence-corrected chi connectivity index (χ0v) is 13.1. The minimum absolute atomic E-state index is 0.177. The zero-order chi connectivity index (χ0) is 16.7. The fraction of sp³-hybridized carbons (Fsp3) is 0.733. The van der Waals surface area contributed by atoms with E-state index in [0.29, 0.717) is 25.3 Å². The molecule has 3 rings (SSSR count). The number of aliphatic hydroxyl groups is 1. The van der Waals surface area contributed by atoms with Crippen molar-refractivity contribution < 1.29 is 23.2 Å². The summed E-state index contributed by atoms with van der Waals surface area (Å²) in [5, 5.41) is 14.4. The molecule has 1 atom stereocenters. The number of carbonyl (C=O) groups excluding carboxylic acids is 1. The highest BCUT2D eigenvalue weighted by atomic mass is 19.3. The number of piperidine rings is 1. The highest BCUT2D eigenvalue weighted by molar-refractivity contribution is 5.92. The Morgan fingerprint density at radius 1 is 1.35 bits per heavy atom. The first-order valence-corrected chi connectivity index (χ1v) is 7.82. The third kappa shape index (κ3) is 3.69. The van der Waals surface area contributed by atoms with Crippen LogP contribution in [0.4, 0.5) is 8.78 Å². The quantitative estimate of drug-likeness (QED) is 0.905. The number of hydrogen-bond acceptors (Lipinski definition) is 5. The Morgan fingerprint density at radius 3 is 2.65 bits per heavy atom. The topological polar surface area (TPSA) is 69.8 Å². The van der Waals surface area contributed by atoms with Gasteiger partial charge in [-0.3, -0.25) is 9.69 Å². The second-order valence-electron chi connectivity index (χ2n) is 6.66. The lowest BCUT2D eigenvalue weighted by molar-refractivity contribution is -0.0720. The largest absolute Gasteiger partial charge is 0.387 e. The molecule has 128 valence electrons. The van der Waals surface area contributed by atoms with Gasteiger partial charge in [0.05, 0.1) is 12.1 Å². The van der Waals surface area contributed by atoms with Crippen molar-refractivity contribution in [2.75, 3.05) is 32.7 Å². The van der Waals surface area contributed by atoms with Crippen molar-refractivity contribution in [1.82, 2.24) is 15.0 Å². The van der Waals surface area contributed by atoms with Crippen molar-refractivity contribution in [2.45, 2.75) is 37.7 Å². The molecule has 0 radical (unpaired) electrons.